The van der Waals surface area contributed by atoms with E-state index in [-0.39, 0.29) is 0 Å². The molecule has 1 aromatic heterocycles. The van der Waals surface area contributed by atoms with Crippen LogP contribution in [0.15, 0.2) is 46.9 Å². The molecule has 1 heterocycles. The van der Waals surface area contributed by atoms with Gasteiger partial charge in [0.25, 0.3) is 5.89 Å². The molecule has 0 radical (unpaired) electrons. The third-order valence-electron chi connectivity index (χ3n) is 3.09. The lowest BCUT2D eigenvalue weighted by Gasteiger charge is -2.13. The maximum atomic E-state index is 6.10. The maximum absolute atomic E-state index is 6.10. The van der Waals surface area contributed by atoms with Gasteiger partial charge in [-0.15, -0.1) is 10.2 Å². The second-order valence-corrected chi connectivity index (χ2v) is 5.99. The summed E-state index contributed by atoms with van der Waals surface area (Å²) in [5.74, 6) is 1.16. The van der Waals surface area contributed by atoms with E-state index in [1.165, 1.54) is 6.07 Å². The van der Waals surface area contributed by atoms with Crippen molar-refractivity contribution in [2.24, 2.45) is 0 Å². The molecule has 0 aliphatic heterocycles. The number of hydrogen-bond donors (Lipinski definition) is 0. The highest BCUT2D eigenvalue weighted by molar-refractivity contribution is 6.43. The Labute approximate surface area is 148 Å². The van der Waals surface area contributed by atoms with Crippen LogP contribution in [0.1, 0.15) is 18.9 Å². The highest BCUT2D eigenvalue weighted by atomic mass is 35.5. The van der Waals surface area contributed by atoms with Crippen molar-refractivity contribution in [2.45, 2.75) is 13.0 Å². The summed E-state index contributed by atoms with van der Waals surface area (Å²) in [4.78, 5) is 0. The molecule has 23 heavy (non-hydrogen) atoms. The predicted octanol–water partition coefficient (Wildman–Crippen LogP) is 5.84. The van der Waals surface area contributed by atoms with Gasteiger partial charge in [0.1, 0.15) is 5.75 Å². The SMILES string of the molecule is C[C@H](Oc1cc(Cl)c(Cl)cc1Cl)c1nnc(-c2ccccc2)o1. The first kappa shape index (κ1) is 16.1. The molecule has 0 amide bonds. The first-order valence-corrected chi connectivity index (χ1v) is 7.88. The second kappa shape index (κ2) is 6.79. The lowest BCUT2D eigenvalue weighted by Crippen LogP contribution is -2.04. The van der Waals surface area contributed by atoms with Crippen molar-refractivity contribution in [3.8, 4) is 17.2 Å². The summed E-state index contributed by atoms with van der Waals surface area (Å²) in [6, 6.07) is 12.6. The van der Waals surface area contributed by atoms with E-state index >= 15 is 0 Å². The highest BCUT2D eigenvalue weighted by Crippen LogP contribution is 2.36. The minimum atomic E-state index is -0.491. The van der Waals surface area contributed by atoms with Crippen LogP contribution in [0.3, 0.4) is 0 Å². The summed E-state index contributed by atoms with van der Waals surface area (Å²) >= 11 is 18.0. The van der Waals surface area contributed by atoms with E-state index in [1.54, 1.807) is 13.0 Å². The molecule has 0 aliphatic carbocycles. The Balaban J connectivity index is 1.81. The van der Waals surface area contributed by atoms with E-state index in [1.807, 2.05) is 30.3 Å². The van der Waals surface area contributed by atoms with E-state index in [0.717, 1.165) is 5.56 Å². The molecular weight excluding hydrogens is 359 g/mol. The smallest absolute Gasteiger partial charge is 0.257 e. The van der Waals surface area contributed by atoms with Crippen molar-refractivity contribution in [1.82, 2.24) is 10.2 Å². The van der Waals surface area contributed by atoms with E-state index in [0.29, 0.717) is 32.6 Å². The van der Waals surface area contributed by atoms with Crippen LogP contribution >= 0.6 is 34.8 Å². The van der Waals surface area contributed by atoms with Crippen molar-refractivity contribution in [3.63, 3.8) is 0 Å². The molecule has 4 nitrogen and oxygen atoms in total. The van der Waals surface area contributed by atoms with Crippen LogP contribution in [-0.2, 0) is 0 Å². The van der Waals surface area contributed by atoms with E-state index in [4.69, 9.17) is 44.0 Å². The normalized spacial score (nSPS) is 12.2. The zero-order valence-corrected chi connectivity index (χ0v) is 14.2. The highest BCUT2D eigenvalue weighted by Gasteiger charge is 2.18. The Bertz CT molecular complexity index is 821. The van der Waals surface area contributed by atoms with Crippen molar-refractivity contribution >= 4 is 34.8 Å². The molecule has 0 saturated heterocycles. The van der Waals surface area contributed by atoms with Crippen LogP contribution < -0.4 is 4.74 Å². The van der Waals surface area contributed by atoms with Gasteiger partial charge in [-0.25, -0.2) is 0 Å². The van der Waals surface area contributed by atoms with Gasteiger partial charge in [0.15, 0.2) is 6.10 Å². The van der Waals surface area contributed by atoms with Crippen LogP contribution in [0.5, 0.6) is 5.75 Å². The molecule has 0 fully saturated rings. The average molecular weight is 370 g/mol. The maximum Gasteiger partial charge on any atom is 0.257 e. The molecule has 0 aliphatic rings. The van der Waals surface area contributed by atoms with Gasteiger partial charge < -0.3 is 9.15 Å². The molecule has 0 N–H and O–H groups in total. The molecule has 0 saturated carbocycles. The van der Waals surface area contributed by atoms with Crippen LogP contribution in [0.2, 0.25) is 15.1 Å². The summed E-state index contributed by atoms with van der Waals surface area (Å²) < 4.78 is 11.4. The summed E-state index contributed by atoms with van der Waals surface area (Å²) in [5.41, 5.74) is 0.839. The monoisotopic (exact) mass is 368 g/mol. The molecule has 3 aromatic rings. The third kappa shape index (κ3) is 3.61. The van der Waals surface area contributed by atoms with Crippen molar-refractivity contribution in [2.75, 3.05) is 0 Å². The number of ether oxygens (including phenoxy) is 1. The standard InChI is InChI=1S/C16H11Cl3N2O2/c1-9(22-14-8-12(18)11(17)7-13(14)19)15-20-21-16(23-15)10-5-3-2-4-6-10/h2-9H,1H3/t9-/m0/s1. The van der Waals surface area contributed by atoms with Gasteiger partial charge >= 0.3 is 0 Å². The first-order valence-electron chi connectivity index (χ1n) is 6.74. The molecule has 0 spiro atoms. The number of halogens is 3. The van der Waals surface area contributed by atoms with Gasteiger partial charge in [0.05, 0.1) is 15.1 Å². The largest absolute Gasteiger partial charge is 0.479 e. The minimum absolute atomic E-state index is 0.339. The summed E-state index contributed by atoms with van der Waals surface area (Å²) in [6.07, 6.45) is -0.491. The van der Waals surface area contributed by atoms with Crippen molar-refractivity contribution in [3.05, 3.63) is 63.4 Å². The fourth-order valence-corrected chi connectivity index (χ4v) is 2.51. The van der Waals surface area contributed by atoms with Crippen LogP contribution in [-0.4, -0.2) is 10.2 Å². The summed E-state index contributed by atoms with van der Waals surface area (Å²) in [5, 5.41) is 9.11. The van der Waals surface area contributed by atoms with Gasteiger partial charge in [0, 0.05) is 11.6 Å². The van der Waals surface area contributed by atoms with Crippen molar-refractivity contribution in [1.29, 1.82) is 0 Å². The average Bonchev–Trinajstić information content (AvgIpc) is 3.03. The van der Waals surface area contributed by atoms with Crippen LogP contribution in [0.4, 0.5) is 0 Å². The number of rotatable bonds is 4. The van der Waals surface area contributed by atoms with Crippen LogP contribution in [0.25, 0.3) is 11.5 Å². The fourth-order valence-electron chi connectivity index (χ4n) is 1.93. The Kier molecular flexibility index (Phi) is 4.76. The quantitative estimate of drug-likeness (QED) is 0.542. The lowest BCUT2D eigenvalue weighted by atomic mass is 10.2. The third-order valence-corrected chi connectivity index (χ3v) is 4.11. The lowest BCUT2D eigenvalue weighted by molar-refractivity contribution is 0.190. The molecule has 3 rings (SSSR count). The predicted molar refractivity (Wildman–Crippen MR) is 90.2 cm³/mol. The number of nitrogens with zero attached hydrogens (tertiary/aromatic N) is 2. The summed E-state index contributed by atoms with van der Waals surface area (Å²) in [7, 11) is 0. The Morgan fingerprint density at radius 2 is 1.65 bits per heavy atom. The molecule has 0 bridgehead atoms. The van der Waals surface area contributed by atoms with E-state index < -0.39 is 6.10 Å². The topological polar surface area (TPSA) is 48.2 Å². The molecule has 1 atom stereocenters. The molecule has 0 unspecified atom stereocenters. The zero-order chi connectivity index (χ0) is 16.4. The Hall–Kier alpha value is -1.75. The van der Waals surface area contributed by atoms with Gasteiger partial charge in [-0.1, -0.05) is 53.0 Å². The van der Waals surface area contributed by atoms with Gasteiger partial charge in [0.2, 0.25) is 5.89 Å². The zero-order valence-electron chi connectivity index (χ0n) is 12.0. The number of benzene rings is 2. The Morgan fingerprint density at radius 1 is 0.957 bits per heavy atom. The molecular formula is C16H11Cl3N2O2. The fraction of sp³-hybridized carbons (Fsp3) is 0.125. The van der Waals surface area contributed by atoms with Gasteiger partial charge in [-0.3, -0.25) is 0 Å². The molecule has 118 valence electrons. The second-order valence-electron chi connectivity index (χ2n) is 4.77. The van der Waals surface area contributed by atoms with Gasteiger partial charge in [-0.2, -0.15) is 0 Å². The van der Waals surface area contributed by atoms with Crippen molar-refractivity contribution < 1.29 is 9.15 Å². The first-order chi connectivity index (χ1) is 11.0. The van der Waals surface area contributed by atoms with E-state index in [2.05, 4.69) is 10.2 Å². The molecule has 7 heteroatoms. The minimum Gasteiger partial charge on any atom is -0.479 e. The Morgan fingerprint density at radius 3 is 2.39 bits per heavy atom. The number of hydrogen-bond acceptors (Lipinski definition) is 4. The molecule has 2 aromatic carbocycles. The van der Waals surface area contributed by atoms with E-state index in [9.17, 15) is 0 Å². The van der Waals surface area contributed by atoms with Gasteiger partial charge in [-0.05, 0) is 25.1 Å². The number of aromatic nitrogens is 2. The van der Waals surface area contributed by atoms with Crippen LogP contribution in [0, 0.1) is 0 Å². The summed E-state index contributed by atoms with van der Waals surface area (Å²) in [6.45, 7) is 1.78.